The lowest BCUT2D eigenvalue weighted by Gasteiger charge is -2.26. The number of amides is 2. The number of anilines is 2. The van der Waals surface area contributed by atoms with E-state index in [0.29, 0.717) is 15.8 Å². The van der Waals surface area contributed by atoms with Crippen LogP contribution in [0.5, 0.6) is 0 Å². The minimum atomic E-state index is -4.71. The first kappa shape index (κ1) is 18.5. The third-order valence-electron chi connectivity index (χ3n) is 3.92. The number of hydrogen-bond donors (Lipinski definition) is 1. The van der Waals surface area contributed by atoms with E-state index in [2.05, 4.69) is 4.98 Å². The highest BCUT2D eigenvalue weighted by atomic mass is 35.5. The number of aromatic nitrogens is 1. The van der Waals surface area contributed by atoms with E-state index in [9.17, 15) is 18.0 Å². The van der Waals surface area contributed by atoms with Gasteiger partial charge in [0.05, 0.1) is 26.7 Å². The summed E-state index contributed by atoms with van der Waals surface area (Å²) in [4.78, 5) is 17.7. The molecule has 2 aromatic heterocycles. The zero-order chi connectivity index (χ0) is 19.2. The highest BCUT2D eigenvalue weighted by molar-refractivity contribution is 7.19. The van der Waals surface area contributed by atoms with Crippen molar-refractivity contribution in [3.05, 3.63) is 51.6 Å². The van der Waals surface area contributed by atoms with Crippen LogP contribution < -0.4 is 10.6 Å². The van der Waals surface area contributed by atoms with Crippen LogP contribution in [0, 0.1) is 13.8 Å². The minimum absolute atomic E-state index is 0.175. The van der Waals surface area contributed by atoms with Gasteiger partial charge in [0, 0.05) is 22.7 Å². The summed E-state index contributed by atoms with van der Waals surface area (Å²) in [6.07, 6.45) is -1.63. The molecule has 2 amide bonds. The number of aryl methyl sites for hydroxylation is 2. The first-order chi connectivity index (χ1) is 12.1. The molecule has 4 nitrogen and oxygen atoms in total. The molecule has 0 aliphatic heterocycles. The lowest BCUT2D eigenvalue weighted by atomic mass is 10.1. The van der Waals surface area contributed by atoms with Crippen molar-refractivity contribution in [2.24, 2.45) is 5.73 Å². The Balaban J connectivity index is 2.40. The third-order valence-corrected chi connectivity index (χ3v) is 5.44. The summed E-state index contributed by atoms with van der Waals surface area (Å²) in [7, 11) is 0. The van der Waals surface area contributed by atoms with Crippen molar-refractivity contribution >= 4 is 50.4 Å². The van der Waals surface area contributed by atoms with Crippen molar-refractivity contribution < 1.29 is 18.0 Å². The highest BCUT2D eigenvalue weighted by Gasteiger charge is 2.38. The van der Waals surface area contributed by atoms with E-state index in [1.54, 1.807) is 26.1 Å². The maximum atomic E-state index is 13.6. The summed E-state index contributed by atoms with van der Waals surface area (Å²) in [6, 6.07) is 2.73. The Morgan fingerprint density at radius 1 is 1.23 bits per heavy atom. The molecule has 0 aliphatic carbocycles. The summed E-state index contributed by atoms with van der Waals surface area (Å²) in [5, 5.41) is 0.401. The number of benzene rings is 1. The normalized spacial score (nSPS) is 11.8. The molecular weight excluding hydrogens is 387 g/mol. The number of carbonyl (C=O) groups excluding carboxylic acids is 1. The number of thiophene rings is 1. The number of hydrogen-bond acceptors (Lipinski definition) is 3. The van der Waals surface area contributed by atoms with Crippen LogP contribution in [0.25, 0.3) is 10.1 Å². The van der Waals surface area contributed by atoms with Crippen molar-refractivity contribution in [3.8, 4) is 0 Å². The number of urea groups is 1. The van der Waals surface area contributed by atoms with Crippen LogP contribution >= 0.6 is 22.9 Å². The van der Waals surface area contributed by atoms with Crippen molar-refractivity contribution in [2.45, 2.75) is 20.0 Å². The molecule has 0 atom stereocenters. The minimum Gasteiger partial charge on any atom is -0.351 e. The monoisotopic (exact) mass is 399 g/mol. The van der Waals surface area contributed by atoms with E-state index in [4.69, 9.17) is 17.3 Å². The predicted molar refractivity (Wildman–Crippen MR) is 97.3 cm³/mol. The van der Waals surface area contributed by atoms with E-state index in [1.165, 1.54) is 23.6 Å². The second-order valence-corrected chi connectivity index (χ2v) is 7.28. The number of carbonyl (C=O) groups is 1. The van der Waals surface area contributed by atoms with Crippen molar-refractivity contribution in [2.75, 3.05) is 4.90 Å². The number of halogens is 4. The van der Waals surface area contributed by atoms with Crippen LogP contribution in [-0.4, -0.2) is 11.0 Å². The smallest absolute Gasteiger partial charge is 0.351 e. The maximum Gasteiger partial charge on any atom is 0.418 e. The molecule has 2 N–H and O–H groups in total. The lowest BCUT2D eigenvalue weighted by Crippen LogP contribution is -2.33. The van der Waals surface area contributed by atoms with Gasteiger partial charge in [0.15, 0.2) is 0 Å². The van der Waals surface area contributed by atoms with Gasteiger partial charge in [0.2, 0.25) is 0 Å². The van der Waals surface area contributed by atoms with Gasteiger partial charge in [-0.1, -0.05) is 17.7 Å². The van der Waals surface area contributed by atoms with E-state index in [0.717, 1.165) is 15.7 Å². The second kappa shape index (κ2) is 6.44. The molecule has 0 saturated heterocycles. The van der Waals surface area contributed by atoms with Gasteiger partial charge in [-0.15, -0.1) is 11.3 Å². The second-order valence-electron chi connectivity index (χ2n) is 5.64. The summed E-state index contributed by atoms with van der Waals surface area (Å²) >= 11 is 7.51. The molecule has 2 heterocycles. The highest BCUT2D eigenvalue weighted by Crippen LogP contribution is 2.48. The molecular formula is C17H13ClF3N3OS. The fraction of sp³-hybridized carbons (Fsp3) is 0.176. The Bertz CT molecular complexity index is 1020. The fourth-order valence-corrected chi connectivity index (χ4v) is 4.05. The predicted octanol–water partition coefficient (Wildman–Crippen LogP) is 5.80. The van der Waals surface area contributed by atoms with Crippen molar-refractivity contribution in [1.82, 2.24) is 4.98 Å². The van der Waals surface area contributed by atoms with Gasteiger partial charge >= 0.3 is 12.2 Å². The largest absolute Gasteiger partial charge is 0.418 e. The summed E-state index contributed by atoms with van der Waals surface area (Å²) in [5.74, 6) is 0. The standard InChI is InChI=1S/C17H13ClF3N3OS/c1-8-3-4-11(17(19,20)21)15(13(8)18)24(16(22)25)14-9(2)26-12-7-23-6-5-10(12)14/h3-7H,1-2H3,(H2,22,25). The Labute approximate surface area is 156 Å². The first-order valence-corrected chi connectivity index (χ1v) is 8.61. The van der Waals surface area contributed by atoms with Gasteiger partial charge in [0.25, 0.3) is 0 Å². The Hall–Kier alpha value is -2.32. The average Bonchev–Trinajstić information content (AvgIpc) is 2.86. The molecule has 0 saturated carbocycles. The van der Waals surface area contributed by atoms with Gasteiger partial charge in [-0.2, -0.15) is 13.2 Å². The molecule has 0 unspecified atom stereocenters. The summed E-state index contributed by atoms with van der Waals surface area (Å²) < 4.78 is 41.5. The molecule has 9 heteroatoms. The maximum absolute atomic E-state index is 13.6. The van der Waals surface area contributed by atoms with Gasteiger partial charge in [-0.05, 0) is 31.5 Å². The van der Waals surface area contributed by atoms with Crippen molar-refractivity contribution in [1.29, 1.82) is 0 Å². The molecule has 3 rings (SSSR count). The van der Waals surface area contributed by atoms with Gasteiger partial charge in [-0.3, -0.25) is 9.88 Å². The number of pyridine rings is 1. The summed E-state index contributed by atoms with van der Waals surface area (Å²) in [6.45, 7) is 3.26. The van der Waals surface area contributed by atoms with Gasteiger partial charge < -0.3 is 5.73 Å². The lowest BCUT2D eigenvalue weighted by molar-refractivity contribution is -0.137. The SMILES string of the molecule is Cc1ccc(C(F)(F)F)c(N(C(N)=O)c2c(C)sc3cnccc23)c1Cl. The van der Waals surface area contributed by atoms with Crippen LogP contribution in [0.1, 0.15) is 16.0 Å². The molecule has 0 bridgehead atoms. The summed E-state index contributed by atoms with van der Waals surface area (Å²) in [5.41, 5.74) is 4.68. The van der Waals surface area contributed by atoms with Gasteiger partial charge in [-0.25, -0.2) is 4.79 Å². The number of rotatable bonds is 2. The Morgan fingerprint density at radius 2 is 1.92 bits per heavy atom. The van der Waals surface area contributed by atoms with Crippen LogP contribution in [0.2, 0.25) is 5.02 Å². The zero-order valence-electron chi connectivity index (χ0n) is 13.7. The topological polar surface area (TPSA) is 59.2 Å². The van der Waals surface area contributed by atoms with E-state index in [-0.39, 0.29) is 10.7 Å². The quantitative estimate of drug-likeness (QED) is 0.591. The molecule has 3 aromatic rings. The molecule has 1 aromatic carbocycles. The molecule has 0 fully saturated rings. The zero-order valence-corrected chi connectivity index (χ0v) is 15.3. The van der Waals surface area contributed by atoms with Crippen LogP contribution in [0.15, 0.2) is 30.6 Å². The number of alkyl halides is 3. The Morgan fingerprint density at radius 3 is 2.54 bits per heavy atom. The van der Waals surface area contributed by atoms with Crippen molar-refractivity contribution in [3.63, 3.8) is 0 Å². The van der Waals surface area contributed by atoms with Crippen LogP contribution in [-0.2, 0) is 6.18 Å². The van der Waals surface area contributed by atoms with Crippen LogP contribution in [0.3, 0.4) is 0 Å². The number of nitrogens with two attached hydrogens (primary N) is 1. The number of fused-ring (bicyclic) bond motifs is 1. The average molecular weight is 400 g/mol. The fourth-order valence-electron chi connectivity index (χ4n) is 2.78. The molecule has 136 valence electrons. The van der Waals surface area contributed by atoms with E-state index < -0.39 is 23.5 Å². The first-order valence-electron chi connectivity index (χ1n) is 7.42. The number of nitrogens with zero attached hydrogens (tertiary/aromatic N) is 2. The molecule has 0 radical (unpaired) electrons. The Kier molecular flexibility index (Phi) is 4.58. The molecule has 0 spiro atoms. The van der Waals surface area contributed by atoms with Gasteiger partial charge in [0.1, 0.15) is 0 Å². The molecule has 26 heavy (non-hydrogen) atoms. The molecule has 0 aliphatic rings. The number of primary amides is 1. The van der Waals surface area contributed by atoms with E-state index >= 15 is 0 Å². The van der Waals surface area contributed by atoms with E-state index in [1.807, 2.05) is 0 Å². The third kappa shape index (κ3) is 2.99. The van der Waals surface area contributed by atoms with Crippen LogP contribution in [0.4, 0.5) is 29.3 Å².